The first-order valence-corrected chi connectivity index (χ1v) is 8.99. The Bertz CT molecular complexity index is 864. The lowest BCUT2D eigenvalue weighted by Crippen LogP contribution is -2.40. The fourth-order valence-corrected chi connectivity index (χ4v) is 4.01. The second-order valence-corrected chi connectivity index (χ2v) is 7.49. The number of hydrogen-bond acceptors (Lipinski definition) is 3. The van der Waals surface area contributed by atoms with Crippen LogP contribution < -0.4 is 0 Å². The molecule has 5 heteroatoms. The van der Waals surface area contributed by atoms with Gasteiger partial charge in [-0.05, 0) is 58.6 Å². The van der Waals surface area contributed by atoms with Crippen LogP contribution in [0, 0.1) is 0 Å². The maximum atomic E-state index is 11.0. The summed E-state index contributed by atoms with van der Waals surface area (Å²) in [5.74, 6) is 0. The molecule has 0 spiro atoms. The SMILES string of the molecule is CN1CCC(O)(c2ccc(-c3ccnc4[nH]cc(Br)c34)cc2)CC1. The largest absolute Gasteiger partial charge is 0.385 e. The van der Waals surface area contributed by atoms with Crippen molar-refractivity contribution < 1.29 is 5.11 Å². The van der Waals surface area contributed by atoms with Crippen molar-refractivity contribution >= 4 is 27.0 Å². The van der Waals surface area contributed by atoms with E-state index in [1.165, 1.54) is 0 Å². The normalized spacial score (nSPS) is 18.1. The van der Waals surface area contributed by atoms with Crippen LogP contribution in [-0.2, 0) is 5.60 Å². The third-order valence-corrected chi connectivity index (χ3v) is 5.70. The average molecular weight is 386 g/mol. The summed E-state index contributed by atoms with van der Waals surface area (Å²) >= 11 is 3.59. The van der Waals surface area contributed by atoms with Crippen LogP contribution in [0.3, 0.4) is 0 Å². The summed E-state index contributed by atoms with van der Waals surface area (Å²) in [6.07, 6.45) is 5.30. The predicted molar refractivity (Wildman–Crippen MR) is 99.9 cm³/mol. The Morgan fingerprint density at radius 1 is 1.17 bits per heavy atom. The Morgan fingerprint density at radius 2 is 1.88 bits per heavy atom. The first-order chi connectivity index (χ1) is 11.6. The van der Waals surface area contributed by atoms with Crippen LogP contribution >= 0.6 is 15.9 Å². The fourth-order valence-electron chi connectivity index (χ4n) is 3.49. The monoisotopic (exact) mass is 385 g/mol. The molecule has 0 bridgehead atoms. The van der Waals surface area contributed by atoms with E-state index < -0.39 is 5.60 Å². The molecule has 0 radical (unpaired) electrons. The zero-order chi connectivity index (χ0) is 16.7. The van der Waals surface area contributed by atoms with Gasteiger partial charge >= 0.3 is 0 Å². The maximum absolute atomic E-state index is 11.0. The minimum atomic E-state index is -0.701. The van der Waals surface area contributed by atoms with Gasteiger partial charge in [0.05, 0.1) is 5.60 Å². The molecule has 2 aromatic heterocycles. The molecule has 2 N–H and O–H groups in total. The van der Waals surface area contributed by atoms with E-state index in [-0.39, 0.29) is 0 Å². The fraction of sp³-hybridized carbons (Fsp3) is 0.316. The Morgan fingerprint density at radius 3 is 2.58 bits per heavy atom. The number of nitrogens with one attached hydrogen (secondary N) is 1. The van der Waals surface area contributed by atoms with Gasteiger partial charge in [-0.3, -0.25) is 0 Å². The van der Waals surface area contributed by atoms with Gasteiger partial charge in [-0.15, -0.1) is 0 Å². The summed E-state index contributed by atoms with van der Waals surface area (Å²) in [5, 5.41) is 12.0. The number of hydrogen-bond donors (Lipinski definition) is 2. The van der Waals surface area contributed by atoms with Crippen LogP contribution in [-0.4, -0.2) is 40.1 Å². The lowest BCUT2D eigenvalue weighted by atomic mass is 9.84. The summed E-state index contributed by atoms with van der Waals surface area (Å²) in [6, 6.07) is 10.3. The molecule has 3 aromatic rings. The number of likely N-dealkylation sites (tertiary alicyclic amines) is 1. The van der Waals surface area contributed by atoms with Crippen molar-refractivity contribution in [1.82, 2.24) is 14.9 Å². The number of fused-ring (bicyclic) bond motifs is 1. The van der Waals surface area contributed by atoms with Crippen molar-refractivity contribution in [3.8, 4) is 11.1 Å². The van der Waals surface area contributed by atoms with Crippen molar-refractivity contribution in [3.05, 3.63) is 52.8 Å². The van der Waals surface area contributed by atoms with E-state index in [4.69, 9.17) is 0 Å². The second-order valence-electron chi connectivity index (χ2n) is 6.63. The van der Waals surface area contributed by atoms with Crippen LogP contribution in [0.25, 0.3) is 22.2 Å². The molecule has 0 saturated carbocycles. The molecule has 24 heavy (non-hydrogen) atoms. The van der Waals surface area contributed by atoms with Gasteiger partial charge in [0, 0.05) is 35.3 Å². The van der Waals surface area contributed by atoms with Crippen LogP contribution in [0.2, 0.25) is 0 Å². The Kier molecular flexibility index (Phi) is 3.95. The predicted octanol–water partition coefficient (Wildman–Crippen LogP) is 3.91. The summed E-state index contributed by atoms with van der Waals surface area (Å²) in [7, 11) is 2.10. The zero-order valence-corrected chi connectivity index (χ0v) is 15.2. The highest BCUT2D eigenvalue weighted by atomic mass is 79.9. The molecule has 1 aliphatic heterocycles. The Labute approximate surface area is 149 Å². The molecular formula is C19H20BrN3O. The number of pyridine rings is 1. The zero-order valence-electron chi connectivity index (χ0n) is 13.6. The number of rotatable bonds is 2. The molecule has 0 amide bonds. The number of H-pyrrole nitrogens is 1. The molecule has 1 fully saturated rings. The van der Waals surface area contributed by atoms with Gasteiger partial charge < -0.3 is 15.0 Å². The average Bonchev–Trinajstić information content (AvgIpc) is 2.99. The molecule has 0 atom stereocenters. The van der Waals surface area contributed by atoms with Crippen LogP contribution in [0.4, 0.5) is 0 Å². The number of aliphatic hydroxyl groups is 1. The minimum absolute atomic E-state index is 0.701. The third kappa shape index (κ3) is 2.66. The molecule has 1 aliphatic rings. The van der Waals surface area contributed by atoms with E-state index in [0.717, 1.165) is 58.1 Å². The molecule has 1 saturated heterocycles. The summed E-state index contributed by atoms with van der Waals surface area (Å²) < 4.78 is 1.01. The van der Waals surface area contributed by atoms with E-state index >= 15 is 0 Å². The quantitative estimate of drug-likeness (QED) is 0.702. The van der Waals surface area contributed by atoms with Gasteiger partial charge in [-0.2, -0.15) is 0 Å². The lowest BCUT2D eigenvalue weighted by molar-refractivity contribution is -0.0203. The maximum Gasteiger partial charge on any atom is 0.139 e. The molecule has 1 aromatic carbocycles. The molecular weight excluding hydrogens is 366 g/mol. The molecule has 3 heterocycles. The number of halogens is 1. The molecule has 4 rings (SSSR count). The van der Waals surface area contributed by atoms with E-state index in [2.05, 4.69) is 62.1 Å². The van der Waals surface area contributed by atoms with Gasteiger partial charge in [0.1, 0.15) is 5.65 Å². The highest BCUT2D eigenvalue weighted by Crippen LogP contribution is 2.36. The van der Waals surface area contributed by atoms with Gasteiger partial charge in [0.25, 0.3) is 0 Å². The van der Waals surface area contributed by atoms with Gasteiger partial charge in [-0.1, -0.05) is 24.3 Å². The van der Waals surface area contributed by atoms with Crippen molar-refractivity contribution in [2.45, 2.75) is 18.4 Å². The number of aromatic amines is 1. The topological polar surface area (TPSA) is 52.1 Å². The Hall–Kier alpha value is -1.69. The number of nitrogens with zero attached hydrogens (tertiary/aromatic N) is 2. The highest BCUT2D eigenvalue weighted by molar-refractivity contribution is 9.10. The molecule has 124 valence electrons. The van der Waals surface area contributed by atoms with E-state index in [1.807, 2.05) is 18.5 Å². The molecule has 0 aliphatic carbocycles. The van der Waals surface area contributed by atoms with Gasteiger partial charge in [0.2, 0.25) is 0 Å². The minimum Gasteiger partial charge on any atom is -0.385 e. The smallest absolute Gasteiger partial charge is 0.139 e. The van der Waals surface area contributed by atoms with Crippen molar-refractivity contribution in [3.63, 3.8) is 0 Å². The van der Waals surface area contributed by atoms with Gasteiger partial charge in [-0.25, -0.2) is 4.98 Å². The number of piperidine rings is 1. The lowest BCUT2D eigenvalue weighted by Gasteiger charge is -2.37. The van der Waals surface area contributed by atoms with Crippen molar-refractivity contribution in [1.29, 1.82) is 0 Å². The summed E-state index contributed by atoms with van der Waals surface area (Å²) in [6.45, 7) is 1.86. The van der Waals surface area contributed by atoms with E-state index in [9.17, 15) is 5.11 Å². The third-order valence-electron chi connectivity index (χ3n) is 5.07. The molecule has 0 unspecified atom stereocenters. The summed E-state index contributed by atoms with van der Waals surface area (Å²) in [4.78, 5) is 9.80. The Balaban J connectivity index is 1.70. The van der Waals surface area contributed by atoms with E-state index in [0.29, 0.717) is 0 Å². The van der Waals surface area contributed by atoms with E-state index in [1.54, 1.807) is 0 Å². The van der Waals surface area contributed by atoms with Crippen molar-refractivity contribution in [2.24, 2.45) is 0 Å². The van der Waals surface area contributed by atoms with Crippen LogP contribution in [0.1, 0.15) is 18.4 Å². The highest BCUT2D eigenvalue weighted by Gasteiger charge is 2.32. The van der Waals surface area contributed by atoms with Crippen molar-refractivity contribution in [2.75, 3.05) is 20.1 Å². The second kappa shape index (κ2) is 5.99. The number of benzene rings is 1. The van der Waals surface area contributed by atoms with Crippen LogP contribution in [0.15, 0.2) is 47.2 Å². The molecule has 4 nitrogen and oxygen atoms in total. The number of aromatic nitrogens is 2. The first kappa shape index (κ1) is 15.8. The first-order valence-electron chi connectivity index (χ1n) is 8.20. The van der Waals surface area contributed by atoms with Gasteiger partial charge in [0.15, 0.2) is 0 Å². The summed E-state index contributed by atoms with van der Waals surface area (Å²) in [5.41, 5.74) is 3.45. The standard InChI is InChI=1S/C19H20BrN3O/c1-23-10-7-19(24,8-11-23)14-4-2-13(3-5-14)15-6-9-21-18-17(15)16(20)12-22-18/h2-6,9,12,24H,7-8,10-11H2,1H3,(H,21,22). The van der Waals surface area contributed by atoms with Crippen LogP contribution in [0.5, 0.6) is 0 Å².